The van der Waals surface area contributed by atoms with Crippen LogP contribution in [-0.4, -0.2) is 81.2 Å². The molecule has 0 amide bonds. The number of ether oxygens (including phenoxy) is 5. The SMILES string of the molecule is C.C.C.COc1ccc(-c2nc(-c3ccc(OC(C)C(C)=O)cc3O)nc(-c3ccc(OC(C)C(=O)OCCOC(=O)c4ccc(C(C)=O)cc4)cc3O)n2)cc1. The molecule has 2 unspecified atom stereocenters. The molecule has 1 heterocycles. The molecule has 0 saturated heterocycles. The molecule has 5 rings (SSSR count). The van der Waals surface area contributed by atoms with Gasteiger partial charge < -0.3 is 33.9 Å². The van der Waals surface area contributed by atoms with Crippen molar-refractivity contribution in [2.24, 2.45) is 0 Å². The summed E-state index contributed by atoms with van der Waals surface area (Å²) in [6, 6.07) is 21.7. The lowest BCUT2D eigenvalue weighted by Gasteiger charge is -2.15. The topological polar surface area (TPSA) is 194 Å². The Morgan fingerprint density at radius 1 is 0.596 bits per heavy atom. The van der Waals surface area contributed by atoms with Gasteiger partial charge in [0.15, 0.2) is 41.2 Å². The molecular weight excluding hydrogens is 734 g/mol. The quantitative estimate of drug-likeness (QED) is 0.0590. The number of carbonyl (C=O) groups is 4. The number of Topliss-reactive ketones (excluding diaryl/α,β-unsaturated/α-hetero) is 2. The van der Waals surface area contributed by atoms with Crippen LogP contribution in [0.15, 0.2) is 84.9 Å². The van der Waals surface area contributed by atoms with Crippen LogP contribution in [0.5, 0.6) is 28.7 Å². The molecule has 1 aromatic heterocycles. The highest BCUT2D eigenvalue weighted by atomic mass is 16.6. The van der Waals surface area contributed by atoms with Gasteiger partial charge in [-0.2, -0.15) is 0 Å². The third-order valence-corrected chi connectivity index (χ3v) is 8.02. The number of hydrogen-bond acceptors (Lipinski definition) is 14. The number of benzene rings is 4. The van der Waals surface area contributed by atoms with Crippen molar-refractivity contribution in [3.8, 4) is 62.9 Å². The largest absolute Gasteiger partial charge is 0.507 e. The van der Waals surface area contributed by atoms with E-state index in [4.69, 9.17) is 23.7 Å². The Kier molecular flexibility index (Phi) is 16.9. The third-order valence-electron chi connectivity index (χ3n) is 8.02. The maximum Gasteiger partial charge on any atom is 0.347 e. The number of nitrogens with zero attached hydrogens (tertiary/aromatic N) is 3. The van der Waals surface area contributed by atoms with Crippen LogP contribution in [-0.2, 0) is 19.1 Å². The Balaban J connectivity index is 0.00000374. The number of methoxy groups -OCH3 is 1. The second-order valence-corrected chi connectivity index (χ2v) is 12.0. The van der Waals surface area contributed by atoms with Gasteiger partial charge in [0, 0.05) is 23.3 Å². The van der Waals surface area contributed by atoms with Gasteiger partial charge in [-0.1, -0.05) is 34.4 Å². The first-order valence-electron chi connectivity index (χ1n) is 16.7. The molecule has 0 fully saturated rings. The molecule has 0 aliphatic rings. The van der Waals surface area contributed by atoms with E-state index in [0.29, 0.717) is 16.9 Å². The van der Waals surface area contributed by atoms with Crippen molar-refractivity contribution < 1.29 is 53.1 Å². The number of phenols is 2. The number of aromatic hydroxyl groups is 2. The number of hydrogen-bond donors (Lipinski definition) is 2. The zero-order chi connectivity index (χ0) is 38.9. The smallest absolute Gasteiger partial charge is 0.347 e. The maximum absolute atomic E-state index is 12.6. The minimum atomic E-state index is -1.09. The van der Waals surface area contributed by atoms with Crippen molar-refractivity contribution in [2.45, 2.75) is 62.2 Å². The molecule has 0 saturated carbocycles. The lowest BCUT2D eigenvalue weighted by atomic mass is 10.1. The predicted octanol–water partition coefficient (Wildman–Crippen LogP) is 7.93. The van der Waals surface area contributed by atoms with Gasteiger partial charge in [-0.25, -0.2) is 24.5 Å². The van der Waals surface area contributed by atoms with Crippen molar-refractivity contribution in [3.05, 3.63) is 96.1 Å². The molecule has 0 radical (unpaired) electrons. The number of aromatic nitrogens is 3. The van der Waals surface area contributed by atoms with Crippen LogP contribution >= 0.6 is 0 Å². The summed E-state index contributed by atoms with van der Waals surface area (Å²) in [7, 11) is 1.54. The summed E-state index contributed by atoms with van der Waals surface area (Å²) < 4.78 is 26.9. The first-order chi connectivity index (χ1) is 25.8. The zero-order valence-electron chi connectivity index (χ0n) is 30.1. The third kappa shape index (κ3) is 11.8. The van der Waals surface area contributed by atoms with Gasteiger partial charge in [-0.15, -0.1) is 0 Å². The molecule has 2 N–H and O–H groups in total. The number of phenolic OH excluding ortho intramolecular Hbond substituents is 2. The number of carbonyl (C=O) groups excluding carboxylic acids is 4. The van der Waals surface area contributed by atoms with Crippen LogP contribution in [0.1, 0.15) is 70.7 Å². The Bertz CT molecular complexity index is 2170. The van der Waals surface area contributed by atoms with Gasteiger partial charge in [-0.05, 0) is 88.4 Å². The van der Waals surface area contributed by atoms with Gasteiger partial charge in [-0.3, -0.25) is 9.59 Å². The Morgan fingerprint density at radius 3 is 1.53 bits per heavy atom. The monoisotopic (exact) mass is 783 g/mol. The molecule has 0 aliphatic carbocycles. The Labute approximate surface area is 332 Å². The molecule has 5 aromatic rings. The number of rotatable bonds is 15. The van der Waals surface area contributed by atoms with E-state index in [9.17, 15) is 29.4 Å². The lowest BCUT2D eigenvalue weighted by Crippen LogP contribution is -2.27. The number of ketones is 2. The molecule has 4 aromatic carbocycles. The van der Waals surface area contributed by atoms with Crippen LogP contribution in [0.3, 0.4) is 0 Å². The summed E-state index contributed by atoms with van der Waals surface area (Å²) in [6.07, 6.45) is -1.81. The molecule has 57 heavy (non-hydrogen) atoms. The molecule has 14 nitrogen and oxygen atoms in total. The van der Waals surface area contributed by atoms with Crippen molar-refractivity contribution in [2.75, 3.05) is 20.3 Å². The second kappa shape index (κ2) is 20.7. The maximum atomic E-state index is 12.6. The van der Waals surface area contributed by atoms with E-state index in [1.54, 1.807) is 50.4 Å². The van der Waals surface area contributed by atoms with E-state index in [1.165, 1.54) is 69.3 Å². The average molecular weight is 784 g/mol. The molecule has 0 aliphatic heterocycles. The predicted molar refractivity (Wildman–Crippen MR) is 215 cm³/mol. The van der Waals surface area contributed by atoms with Crippen molar-refractivity contribution in [3.63, 3.8) is 0 Å². The van der Waals surface area contributed by atoms with Crippen molar-refractivity contribution in [1.82, 2.24) is 15.0 Å². The lowest BCUT2D eigenvalue weighted by molar-refractivity contribution is -0.152. The van der Waals surface area contributed by atoms with Gasteiger partial charge in [0.1, 0.15) is 42.0 Å². The zero-order valence-corrected chi connectivity index (χ0v) is 30.1. The molecular formula is C43H49N3O11. The molecule has 0 bridgehead atoms. The highest BCUT2D eigenvalue weighted by Gasteiger charge is 2.21. The summed E-state index contributed by atoms with van der Waals surface area (Å²) >= 11 is 0. The van der Waals surface area contributed by atoms with E-state index >= 15 is 0 Å². The summed E-state index contributed by atoms with van der Waals surface area (Å²) in [5.41, 5.74) is 1.74. The van der Waals surface area contributed by atoms with E-state index in [1.807, 2.05) is 0 Å². The minimum Gasteiger partial charge on any atom is -0.507 e. The van der Waals surface area contributed by atoms with Crippen LogP contribution in [0.2, 0.25) is 0 Å². The Hall–Kier alpha value is -6.83. The molecule has 14 heteroatoms. The van der Waals surface area contributed by atoms with Gasteiger partial charge in [0.25, 0.3) is 0 Å². The second-order valence-electron chi connectivity index (χ2n) is 12.0. The highest BCUT2D eigenvalue weighted by Crippen LogP contribution is 2.36. The molecule has 0 spiro atoms. The fourth-order valence-corrected chi connectivity index (χ4v) is 4.89. The summed E-state index contributed by atoms with van der Waals surface area (Å²) in [6.45, 7) is 5.45. The van der Waals surface area contributed by atoms with Crippen LogP contribution in [0, 0.1) is 0 Å². The van der Waals surface area contributed by atoms with E-state index in [-0.39, 0.29) is 104 Å². The van der Waals surface area contributed by atoms with E-state index in [2.05, 4.69) is 15.0 Å². The number of esters is 2. The van der Waals surface area contributed by atoms with Crippen LogP contribution in [0.4, 0.5) is 0 Å². The van der Waals surface area contributed by atoms with Crippen LogP contribution in [0.25, 0.3) is 34.2 Å². The normalized spacial score (nSPS) is 11.2. The van der Waals surface area contributed by atoms with Gasteiger partial charge in [0.2, 0.25) is 0 Å². The highest BCUT2D eigenvalue weighted by molar-refractivity contribution is 5.96. The first kappa shape index (κ1) is 46.3. The van der Waals surface area contributed by atoms with Crippen LogP contribution < -0.4 is 14.2 Å². The fourth-order valence-electron chi connectivity index (χ4n) is 4.89. The van der Waals surface area contributed by atoms with Crippen molar-refractivity contribution in [1.29, 1.82) is 0 Å². The first-order valence-corrected chi connectivity index (χ1v) is 16.7. The summed E-state index contributed by atoms with van der Waals surface area (Å²) in [5.74, 6) is -0.766. The van der Waals surface area contributed by atoms with E-state index in [0.717, 1.165) is 0 Å². The van der Waals surface area contributed by atoms with Crippen molar-refractivity contribution >= 4 is 23.5 Å². The molecule has 302 valence electrons. The average Bonchev–Trinajstić information content (AvgIpc) is 3.16. The van der Waals surface area contributed by atoms with Gasteiger partial charge >= 0.3 is 11.9 Å². The van der Waals surface area contributed by atoms with Gasteiger partial charge in [0.05, 0.1) is 23.8 Å². The summed E-state index contributed by atoms with van der Waals surface area (Å²) in [4.78, 5) is 61.7. The fraction of sp³-hybridized carbons (Fsp3) is 0.279. The Morgan fingerprint density at radius 2 is 1.05 bits per heavy atom. The molecule has 2 atom stereocenters. The summed E-state index contributed by atoms with van der Waals surface area (Å²) in [5, 5.41) is 22.1. The standard InChI is InChI=1S/C40H37N3O11.3CH4/c1-22(44)24(3)53-30-14-16-32(34(46)20-30)37-41-36(27-10-12-29(50-5)13-11-27)42-38(43-37)33-17-15-31(21-35(33)47)54-25(4)39(48)51-18-19-52-40(49)28-8-6-26(7-9-28)23(2)45;;;/h6-17,20-21,24-25,46-47H,18-19H2,1-5H3;3*1H4. The minimum absolute atomic E-state index is 0. The van der Waals surface area contributed by atoms with E-state index < -0.39 is 24.1 Å².